The smallest absolute Gasteiger partial charge is 0.407 e. The molecule has 15 nitrogen and oxygen atoms in total. The average molecular weight is 898 g/mol. The number of nitrogens with one attached hydrogen (secondary N) is 2. The zero-order chi connectivity index (χ0) is 46.5. The summed E-state index contributed by atoms with van der Waals surface area (Å²) in [6.07, 6.45) is 20.7. The van der Waals surface area contributed by atoms with Crippen LogP contribution in [-0.2, 0) is 23.9 Å². The zero-order valence-corrected chi connectivity index (χ0v) is 41.6. The summed E-state index contributed by atoms with van der Waals surface area (Å²) in [5.74, 6) is 1.26. The van der Waals surface area contributed by atoms with Crippen molar-refractivity contribution in [3.05, 3.63) is 12.7 Å². The molecule has 2 aliphatic heterocycles. The molecule has 2 saturated heterocycles. The summed E-state index contributed by atoms with van der Waals surface area (Å²) in [5.41, 5.74) is -0.911. The second-order valence-corrected chi connectivity index (χ2v) is 21.4. The van der Waals surface area contributed by atoms with E-state index in [9.17, 15) is 9.59 Å². The van der Waals surface area contributed by atoms with Crippen LogP contribution in [0.3, 0.4) is 0 Å². The normalized spacial score (nSPS) is 22.1. The van der Waals surface area contributed by atoms with Gasteiger partial charge in [0.25, 0.3) is 0 Å². The van der Waals surface area contributed by atoms with Crippen molar-refractivity contribution in [1.29, 1.82) is 0 Å². The van der Waals surface area contributed by atoms with Crippen molar-refractivity contribution >= 4 is 29.9 Å². The second-order valence-electron chi connectivity index (χ2n) is 21.4. The number of carbonyl (C=O) groups excluding carboxylic acids is 2. The van der Waals surface area contributed by atoms with Crippen molar-refractivity contribution in [3.8, 4) is 0 Å². The summed E-state index contributed by atoms with van der Waals surface area (Å²) in [6.45, 7) is 28.7. The first kappa shape index (κ1) is 51.7. The van der Waals surface area contributed by atoms with Crippen molar-refractivity contribution in [2.75, 3.05) is 54.5 Å². The van der Waals surface area contributed by atoms with Crippen LogP contribution in [0.25, 0.3) is 0 Å². The maximum absolute atomic E-state index is 12.5. The van der Waals surface area contributed by atoms with Gasteiger partial charge in [0, 0.05) is 53.4 Å². The molecule has 64 heavy (non-hydrogen) atoms. The number of anilines is 3. The van der Waals surface area contributed by atoms with Crippen molar-refractivity contribution in [3.63, 3.8) is 0 Å². The molecule has 1 aromatic rings. The van der Waals surface area contributed by atoms with Crippen LogP contribution in [0.1, 0.15) is 185 Å². The van der Waals surface area contributed by atoms with Gasteiger partial charge in [0.15, 0.2) is 0 Å². The highest BCUT2D eigenvalue weighted by molar-refractivity contribution is 5.81. The van der Waals surface area contributed by atoms with Crippen LogP contribution in [0.5, 0.6) is 0 Å². The summed E-state index contributed by atoms with van der Waals surface area (Å²) in [4.78, 5) is 58.5. The molecule has 364 valence electrons. The van der Waals surface area contributed by atoms with Crippen molar-refractivity contribution in [1.82, 2.24) is 30.4 Å². The molecular weight excluding hydrogens is 811 g/mol. The highest BCUT2D eigenvalue weighted by Gasteiger charge is 2.51. The standard InChI is InChI=1S/C49H87N9O6/c1-12-15-29-55(37-33-46(4,5)57(47(6,7)34-37)63-39-23-19-17-20-24-39)43-52-42(50-27-32-62-45(60)51-28-31-61-41(59)14-3)53-44(54-43)56(30-16-13-2)38-35-48(8,9)58(49(10,11)36-38)64-40-25-21-18-22-26-40/h14,37-40H,3,12-13,15-36H2,1-2,4-11H3,(H,51,60)(H,50,52,53,54). The molecule has 2 aliphatic carbocycles. The Balaban J connectivity index is 1.45. The maximum Gasteiger partial charge on any atom is 0.407 e. The summed E-state index contributed by atoms with van der Waals surface area (Å²) in [5, 5.41) is 10.7. The Morgan fingerprint density at radius 2 is 1.08 bits per heavy atom. The number of nitrogens with zero attached hydrogens (tertiary/aromatic N) is 7. The van der Waals surface area contributed by atoms with Crippen LogP contribution in [-0.4, -0.2) is 123 Å². The number of amides is 1. The molecule has 1 aromatic heterocycles. The fourth-order valence-electron chi connectivity index (χ4n) is 11.0. The third kappa shape index (κ3) is 14.4. The number of aromatic nitrogens is 3. The topological polar surface area (TPSA) is 147 Å². The minimum Gasteiger partial charge on any atom is -0.461 e. The number of hydrogen-bond donors (Lipinski definition) is 2. The quantitative estimate of drug-likeness (QED) is 0.0647. The molecule has 2 saturated carbocycles. The highest BCUT2D eigenvalue weighted by atomic mass is 16.7. The van der Waals surface area contributed by atoms with E-state index in [0.717, 1.165) is 96.2 Å². The van der Waals surface area contributed by atoms with Crippen molar-refractivity contribution < 1.29 is 28.7 Å². The molecule has 4 aliphatic rings. The van der Waals surface area contributed by atoms with Gasteiger partial charge in [0.2, 0.25) is 17.8 Å². The zero-order valence-electron chi connectivity index (χ0n) is 41.6. The first-order valence-electron chi connectivity index (χ1n) is 25.1. The van der Waals surface area contributed by atoms with Gasteiger partial charge in [-0.05, 0) is 120 Å². The Labute approximate surface area is 386 Å². The molecule has 3 heterocycles. The van der Waals surface area contributed by atoms with Crippen molar-refractivity contribution in [2.24, 2.45) is 0 Å². The largest absolute Gasteiger partial charge is 0.461 e. The van der Waals surface area contributed by atoms with E-state index in [-0.39, 0.29) is 66.2 Å². The molecule has 1 amide bonds. The SMILES string of the molecule is C=CC(=O)OCCNC(=O)OCCNc1nc(N(CCCC)C2CC(C)(C)N(OC3CCCCC3)C(C)(C)C2)nc(N(CCCC)C2CC(C)(C)N(OC3CCCCC3)C(C)(C)C2)n1. The van der Waals surface area contributed by atoms with Crippen LogP contribution in [0.2, 0.25) is 0 Å². The third-order valence-electron chi connectivity index (χ3n) is 13.7. The van der Waals surface area contributed by atoms with E-state index in [0.29, 0.717) is 24.4 Å². The minimum absolute atomic E-state index is 0.0273. The van der Waals surface area contributed by atoms with Gasteiger partial charge in [-0.1, -0.05) is 71.8 Å². The molecule has 4 fully saturated rings. The van der Waals surface area contributed by atoms with E-state index in [4.69, 9.17) is 34.1 Å². The Morgan fingerprint density at radius 3 is 1.48 bits per heavy atom. The Hall–Kier alpha value is -3.27. The Bertz CT molecular complexity index is 1500. The summed E-state index contributed by atoms with van der Waals surface area (Å²) < 4.78 is 10.4. The number of carbonyl (C=O) groups is 2. The van der Waals surface area contributed by atoms with Gasteiger partial charge in [-0.2, -0.15) is 25.1 Å². The van der Waals surface area contributed by atoms with E-state index < -0.39 is 12.1 Å². The number of hydrogen-bond acceptors (Lipinski definition) is 14. The van der Waals surface area contributed by atoms with Gasteiger partial charge in [0.05, 0.1) is 25.3 Å². The van der Waals surface area contributed by atoms with Crippen molar-refractivity contribution in [2.45, 2.75) is 231 Å². The number of ether oxygens (including phenoxy) is 2. The van der Waals surface area contributed by atoms with Gasteiger partial charge in [-0.25, -0.2) is 9.59 Å². The Kier molecular flexibility index (Phi) is 18.9. The predicted molar refractivity (Wildman–Crippen MR) is 255 cm³/mol. The van der Waals surface area contributed by atoms with E-state index in [1.54, 1.807) is 0 Å². The van der Waals surface area contributed by atoms with Gasteiger partial charge in [-0.15, -0.1) is 0 Å². The number of piperidine rings is 2. The van der Waals surface area contributed by atoms with E-state index in [2.05, 4.69) is 106 Å². The van der Waals surface area contributed by atoms with Crippen LogP contribution in [0.15, 0.2) is 12.7 Å². The monoisotopic (exact) mass is 898 g/mol. The van der Waals surface area contributed by atoms with E-state index >= 15 is 0 Å². The van der Waals surface area contributed by atoms with Crippen LogP contribution >= 0.6 is 0 Å². The van der Waals surface area contributed by atoms with Gasteiger partial charge in [0.1, 0.15) is 13.2 Å². The molecule has 0 radical (unpaired) electrons. The number of alkyl carbamates (subject to hydrolysis) is 1. The van der Waals surface area contributed by atoms with Crippen LogP contribution < -0.4 is 20.4 Å². The fraction of sp³-hybridized carbons (Fsp3) is 0.857. The molecule has 0 bridgehead atoms. The molecule has 0 aromatic carbocycles. The third-order valence-corrected chi connectivity index (χ3v) is 13.7. The molecule has 0 atom stereocenters. The lowest BCUT2D eigenvalue weighted by atomic mass is 9.78. The predicted octanol–water partition coefficient (Wildman–Crippen LogP) is 9.52. The maximum atomic E-state index is 12.5. The molecule has 2 N–H and O–H groups in total. The van der Waals surface area contributed by atoms with Gasteiger partial charge in [-0.3, -0.25) is 9.68 Å². The molecule has 5 rings (SSSR count). The summed E-state index contributed by atoms with van der Waals surface area (Å²) >= 11 is 0. The van der Waals surface area contributed by atoms with E-state index in [1.165, 1.54) is 38.5 Å². The number of rotatable bonds is 22. The van der Waals surface area contributed by atoms with Crippen LogP contribution in [0, 0.1) is 0 Å². The lowest BCUT2D eigenvalue weighted by Gasteiger charge is -2.57. The fourth-order valence-corrected chi connectivity index (χ4v) is 11.0. The Morgan fingerprint density at radius 1 is 0.656 bits per heavy atom. The summed E-state index contributed by atoms with van der Waals surface area (Å²) in [7, 11) is 0. The van der Waals surface area contributed by atoms with Gasteiger partial charge < -0.3 is 29.9 Å². The average Bonchev–Trinajstić information content (AvgIpc) is 3.24. The highest BCUT2D eigenvalue weighted by Crippen LogP contribution is 2.45. The van der Waals surface area contributed by atoms with Crippen LogP contribution in [0.4, 0.5) is 22.6 Å². The first-order chi connectivity index (χ1) is 30.4. The minimum atomic E-state index is -0.599. The number of unbranched alkanes of at least 4 members (excludes halogenated alkanes) is 2. The first-order valence-corrected chi connectivity index (χ1v) is 25.1. The van der Waals surface area contributed by atoms with Gasteiger partial charge >= 0.3 is 12.1 Å². The molecule has 15 heteroatoms. The lowest BCUT2D eigenvalue weighted by molar-refractivity contribution is -0.310. The summed E-state index contributed by atoms with van der Waals surface area (Å²) in [6, 6.07) is 0.316. The van der Waals surface area contributed by atoms with E-state index in [1.807, 2.05) is 0 Å². The molecule has 0 unspecified atom stereocenters. The number of esters is 1. The number of hydroxylamine groups is 4. The molecule has 0 spiro atoms. The molecular formula is C49H87N9O6. The lowest BCUT2D eigenvalue weighted by Crippen LogP contribution is -2.65. The second kappa shape index (κ2) is 23.5.